The second kappa shape index (κ2) is 5.71. The summed E-state index contributed by atoms with van der Waals surface area (Å²) in [6.07, 6.45) is 1.86. The Morgan fingerprint density at radius 2 is 2.00 bits per heavy atom. The Labute approximate surface area is 114 Å². The van der Waals surface area contributed by atoms with Crippen LogP contribution in [0.1, 0.15) is 5.56 Å². The molecule has 0 spiro atoms. The Kier molecular flexibility index (Phi) is 4.03. The zero-order valence-electron chi connectivity index (χ0n) is 9.42. The molecule has 1 aromatic carbocycles. The Morgan fingerprint density at radius 1 is 1.28 bits per heavy atom. The maximum atomic E-state index is 8.69. The molecule has 0 bridgehead atoms. The van der Waals surface area contributed by atoms with Crippen molar-refractivity contribution >= 4 is 23.4 Å². The summed E-state index contributed by atoms with van der Waals surface area (Å²) in [7, 11) is 0. The Balaban J connectivity index is 2.22. The number of benzene rings is 1. The lowest BCUT2D eigenvalue weighted by Crippen LogP contribution is -1.92. The van der Waals surface area contributed by atoms with Crippen molar-refractivity contribution < 1.29 is 4.74 Å². The van der Waals surface area contributed by atoms with E-state index in [9.17, 15) is 0 Å². The lowest BCUT2D eigenvalue weighted by molar-refractivity contribution is 0.455. The van der Waals surface area contributed by atoms with Crippen molar-refractivity contribution in [3.8, 4) is 17.7 Å². The molecule has 2 aromatic rings. The van der Waals surface area contributed by atoms with Gasteiger partial charge in [-0.2, -0.15) is 10.2 Å². The molecule has 2 rings (SSSR count). The van der Waals surface area contributed by atoms with E-state index >= 15 is 0 Å². The number of halogens is 1. The van der Waals surface area contributed by atoms with Crippen molar-refractivity contribution in [1.82, 2.24) is 9.97 Å². The fourth-order valence-corrected chi connectivity index (χ4v) is 1.83. The Morgan fingerprint density at radius 3 is 2.61 bits per heavy atom. The van der Waals surface area contributed by atoms with Crippen LogP contribution in [0.2, 0.25) is 5.15 Å². The second-order valence-corrected chi connectivity index (χ2v) is 4.41. The molecule has 18 heavy (non-hydrogen) atoms. The van der Waals surface area contributed by atoms with Crippen LogP contribution in [-0.2, 0) is 0 Å². The van der Waals surface area contributed by atoms with Gasteiger partial charge in [0.25, 0.3) is 0 Å². The third-order valence-corrected chi connectivity index (χ3v) is 2.78. The first-order chi connectivity index (χ1) is 8.71. The SMILES string of the molecule is CSc1nc(Cl)cc(Oc2ccc(C#N)cc2)n1. The molecule has 6 heteroatoms. The first kappa shape index (κ1) is 12.7. The van der Waals surface area contributed by atoms with E-state index in [2.05, 4.69) is 9.97 Å². The molecule has 1 aromatic heterocycles. The summed E-state index contributed by atoms with van der Waals surface area (Å²) in [5, 5.41) is 9.57. The monoisotopic (exact) mass is 277 g/mol. The summed E-state index contributed by atoms with van der Waals surface area (Å²) in [4.78, 5) is 8.19. The molecule has 0 atom stereocenters. The quantitative estimate of drug-likeness (QED) is 0.488. The largest absolute Gasteiger partial charge is 0.439 e. The number of rotatable bonds is 3. The van der Waals surface area contributed by atoms with Gasteiger partial charge in [0.1, 0.15) is 10.9 Å². The lowest BCUT2D eigenvalue weighted by atomic mass is 10.2. The molecule has 0 saturated heterocycles. The number of ether oxygens (including phenoxy) is 1. The molecular weight excluding hydrogens is 270 g/mol. The summed E-state index contributed by atoms with van der Waals surface area (Å²) in [6.45, 7) is 0. The number of nitrogens with zero attached hydrogens (tertiary/aromatic N) is 3. The minimum atomic E-state index is 0.331. The average Bonchev–Trinajstić information content (AvgIpc) is 2.39. The molecule has 0 unspecified atom stereocenters. The topological polar surface area (TPSA) is 58.8 Å². The Hall–Kier alpha value is -1.77. The van der Waals surface area contributed by atoms with Crippen LogP contribution in [0.5, 0.6) is 11.6 Å². The minimum absolute atomic E-state index is 0.331. The van der Waals surface area contributed by atoms with E-state index in [4.69, 9.17) is 21.6 Å². The molecule has 0 aliphatic rings. The summed E-state index contributed by atoms with van der Waals surface area (Å²) in [5.41, 5.74) is 0.577. The van der Waals surface area contributed by atoms with E-state index < -0.39 is 0 Å². The van der Waals surface area contributed by atoms with E-state index in [1.807, 2.05) is 12.3 Å². The van der Waals surface area contributed by atoms with Gasteiger partial charge in [-0.1, -0.05) is 23.4 Å². The molecule has 1 heterocycles. The van der Waals surface area contributed by atoms with E-state index in [0.717, 1.165) is 0 Å². The summed E-state index contributed by atoms with van der Waals surface area (Å²) < 4.78 is 5.54. The molecule has 0 aliphatic carbocycles. The van der Waals surface area contributed by atoms with Gasteiger partial charge in [-0.25, -0.2) is 4.98 Å². The maximum absolute atomic E-state index is 8.69. The molecule has 90 valence electrons. The highest BCUT2D eigenvalue weighted by Crippen LogP contribution is 2.24. The molecule has 0 fully saturated rings. The van der Waals surface area contributed by atoms with Gasteiger partial charge >= 0.3 is 0 Å². The predicted molar refractivity (Wildman–Crippen MR) is 70.1 cm³/mol. The predicted octanol–water partition coefficient (Wildman–Crippen LogP) is 3.52. The van der Waals surface area contributed by atoms with Gasteiger partial charge in [-0.05, 0) is 30.5 Å². The number of hydrogen-bond donors (Lipinski definition) is 0. The van der Waals surface area contributed by atoms with Gasteiger partial charge in [0, 0.05) is 6.07 Å². The van der Waals surface area contributed by atoms with Crippen molar-refractivity contribution in [2.45, 2.75) is 5.16 Å². The molecule has 4 nitrogen and oxygen atoms in total. The number of thioether (sulfide) groups is 1. The van der Waals surface area contributed by atoms with Crippen LogP contribution in [0.25, 0.3) is 0 Å². The summed E-state index contributed by atoms with van der Waals surface area (Å²) in [5.74, 6) is 0.972. The van der Waals surface area contributed by atoms with Crippen molar-refractivity contribution in [1.29, 1.82) is 5.26 Å². The van der Waals surface area contributed by atoms with E-state index in [1.165, 1.54) is 11.8 Å². The van der Waals surface area contributed by atoms with Crippen molar-refractivity contribution in [3.63, 3.8) is 0 Å². The Bertz CT molecular complexity index is 595. The van der Waals surface area contributed by atoms with Gasteiger partial charge in [0.2, 0.25) is 5.88 Å². The normalized spacial score (nSPS) is 9.83. The van der Waals surface area contributed by atoms with E-state index in [0.29, 0.717) is 27.5 Å². The van der Waals surface area contributed by atoms with Crippen molar-refractivity contribution in [3.05, 3.63) is 41.0 Å². The third-order valence-electron chi connectivity index (χ3n) is 2.04. The van der Waals surface area contributed by atoms with Gasteiger partial charge in [-0.3, -0.25) is 0 Å². The van der Waals surface area contributed by atoms with Gasteiger partial charge < -0.3 is 4.74 Å². The van der Waals surface area contributed by atoms with Crippen LogP contribution in [0.4, 0.5) is 0 Å². The van der Waals surface area contributed by atoms with Crippen LogP contribution in [-0.4, -0.2) is 16.2 Å². The van der Waals surface area contributed by atoms with E-state index in [1.54, 1.807) is 30.3 Å². The summed E-state index contributed by atoms with van der Waals surface area (Å²) in [6, 6.07) is 10.3. The fourth-order valence-electron chi connectivity index (χ4n) is 1.24. The zero-order chi connectivity index (χ0) is 13.0. The van der Waals surface area contributed by atoms with Crippen molar-refractivity contribution in [2.75, 3.05) is 6.26 Å². The first-order valence-corrected chi connectivity index (χ1v) is 6.58. The van der Waals surface area contributed by atoms with Gasteiger partial charge in [-0.15, -0.1) is 0 Å². The van der Waals surface area contributed by atoms with Crippen LogP contribution in [0.15, 0.2) is 35.5 Å². The van der Waals surface area contributed by atoms with E-state index in [-0.39, 0.29) is 0 Å². The van der Waals surface area contributed by atoms with Gasteiger partial charge in [0.05, 0.1) is 11.6 Å². The second-order valence-electron chi connectivity index (χ2n) is 3.25. The highest BCUT2D eigenvalue weighted by Gasteiger charge is 2.04. The van der Waals surface area contributed by atoms with Gasteiger partial charge in [0.15, 0.2) is 5.16 Å². The maximum Gasteiger partial charge on any atom is 0.224 e. The first-order valence-electron chi connectivity index (χ1n) is 4.98. The molecule has 0 aliphatic heterocycles. The van der Waals surface area contributed by atoms with Crippen LogP contribution in [0.3, 0.4) is 0 Å². The third kappa shape index (κ3) is 3.13. The van der Waals surface area contributed by atoms with Crippen LogP contribution in [0, 0.1) is 11.3 Å². The summed E-state index contributed by atoms with van der Waals surface area (Å²) >= 11 is 7.24. The van der Waals surface area contributed by atoms with Crippen LogP contribution >= 0.6 is 23.4 Å². The average molecular weight is 278 g/mol. The lowest BCUT2D eigenvalue weighted by Gasteiger charge is -2.05. The molecular formula is C12H8ClN3OS. The highest BCUT2D eigenvalue weighted by molar-refractivity contribution is 7.98. The molecule has 0 N–H and O–H groups in total. The number of aromatic nitrogens is 2. The number of nitriles is 1. The smallest absolute Gasteiger partial charge is 0.224 e. The minimum Gasteiger partial charge on any atom is -0.439 e. The highest BCUT2D eigenvalue weighted by atomic mass is 35.5. The zero-order valence-corrected chi connectivity index (χ0v) is 11.0. The molecule has 0 amide bonds. The number of hydrogen-bond acceptors (Lipinski definition) is 5. The fraction of sp³-hybridized carbons (Fsp3) is 0.0833. The molecule has 0 saturated carbocycles. The van der Waals surface area contributed by atoms with Crippen molar-refractivity contribution in [2.24, 2.45) is 0 Å². The van der Waals surface area contributed by atoms with Crippen LogP contribution < -0.4 is 4.74 Å². The standard InChI is InChI=1S/C12H8ClN3OS/c1-18-12-15-10(13)6-11(16-12)17-9-4-2-8(7-14)3-5-9/h2-6H,1H3. The molecule has 0 radical (unpaired) electrons.